The summed E-state index contributed by atoms with van der Waals surface area (Å²) in [5.41, 5.74) is 1.13. The number of sulfonamides is 1. The van der Waals surface area contributed by atoms with Crippen LogP contribution in [0.4, 0.5) is 0 Å². The first kappa shape index (κ1) is 14.2. The maximum Gasteiger partial charge on any atom is 0.246 e. The molecule has 1 aliphatic rings. The Balaban J connectivity index is 1.87. The average molecular weight is 306 g/mol. The van der Waals surface area contributed by atoms with Crippen molar-refractivity contribution in [3.63, 3.8) is 0 Å². The zero-order valence-electron chi connectivity index (χ0n) is 11.8. The largest absolute Gasteiger partial charge is 0.297 e. The van der Waals surface area contributed by atoms with Crippen molar-refractivity contribution in [1.82, 2.24) is 19.4 Å². The maximum atomic E-state index is 12.6. The molecule has 3 rings (SSSR count). The van der Waals surface area contributed by atoms with E-state index in [1.165, 1.54) is 16.7 Å². The van der Waals surface area contributed by atoms with E-state index >= 15 is 0 Å². The lowest BCUT2D eigenvalue weighted by Gasteiger charge is -2.38. The molecule has 1 aromatic carbocycles. The minimum Gasteiger partial charge on any atom is -0.297 e. The molecule has 0 spiro atoms. The number of aromatic nitrogens is 2. The third-order valence-electron chi connectivity index (χ3n) is 3.91. The Morgan fingerprint density at radius 3 is 2.67 bits per heavy atom. The number of benzene rings is 1. The van der Waals surface area contributed by atoms with Gasteiger partial charge in [-0.1, -0.05) is 30.3 Å². The fraction of sp³-hybridized carbons (Fsp3) is 0.357. The van der Waals surface area contributed by atoms with Crippen molar-refractivity contribution in [2.45, 2.75) is 10.9 Å². The number of nitrogens with zero attached hydrogens (tertiary/aromatic N) is 3. The van der Waals surface area contributed by atoms with Crippen LogP contribution in [0.2, 0.25) is 0 Å². The molecule has 1 N–H and O–H groups in total. The number of hydrogen-bond acceptors (Lipinski definition) is 4. The van der Waals surface area contributed by atoms with Crippen LogP contribution in [-0.2, 0) is 10.0 Å². The first-order valence-corrected chi connectivity index (χ1v) is 8.27. The zero-order chi connectivity index (χ0) is 14.9. The molecular formula is C14H18N4O2S. The Hall–Kier alpha value is -1.70. The van der Waals surface area contributed by atoms with Crippen LogP contribution in [0.3, 0.4) is 0 Å². The van der Waals surface area contributed by atoms with E-state index in [4.69, 9.17) is 0 Å². The van der Waals surface area contributed by atoms with Crippen LogP contribution < -0.4 is 0 Å². The van der Waals surface area contributed by atoms with Crippen molar-refractivity contribution in [2.24, 2.45) is 0 Å². The first-order valence-electron chi connectivity index (χ1n) is 6.83. The van der Waals surface area contributed by atoms with Crippen LogP contribution in [0.5, 0.6) is 0 Å². The van der Waals surface area contributed by atoms with E-state index < -0.39 is 10.0 Å². The molecule has 6 nitrogen and oxygen atoms in total. The molecule has 0 unspecified atom stereocenters. The lowest BCUT2D eigenvalue weighted by Crippen LogP contribution is -2.48. The second kappa shape index (κ2) is 5.59. The summed E-state index contributed by atoms with van der Waals surface area (Å²) in [6, 6.07) is 10.1. The molecule has 112 valence electrons. The van der Waals surface area contributed by atoms with Gasteiger partial charge in [0.2, 0.25) is 10.0 Å². The number of aromatic amines is 1. The van der Waals surface area contributed by atoms with Crippen LogP contribution >= 0.6 is 0 Å². The maximum absolute atomic E-state index is 12.6. The van der Waals surface area contributed by atoms with Gasteiger partial charge in [-0.25, -0.2) is 8.42 Å². The zero-order valence-corrected chi connectivity index (χ0v) is 12.6. The lowest BCUT2D eigenvalue weighted by molar-refractivity contribution is 0.148. The molecule has 0 saturated carbocycles. The smallest absolute Gasteiger partial charge is 0.246 e. The van der Waals surface area contributed by atoms with Gasteiger partial charge < -0.3 is 0 Å². The molecule has 2 aromatic rings. The Kier molecular flexibility index (Phi) is 3.79. The van der Waals surface area contributed by atoms with Crippen molar-refractivity contribution in [3.8, 4) is 0 Å². The summed E-state index contributed by atoms with van der Waals surface area (Å²) in [7, 11) is -1.44. The van der Waals surface area contributed by atoms with E-state index in [1.807, 2.05) is 37.4 Å². The number of piperazine rings is 1. The number of hydrogen-bond donors (Lipinski definition) is 1. The summed E-state index contributed by atoms with van der Waals surface area (Å²) in [6.45, 7) is 1.65. The minimum absolute atomic E-state index is 0.0710. The van der Waals surface area contributed by atoms with Crippen LogP contribution in [0.1, 0.15) is 11.6 Å². The van der Waals surface area contributed by atoms with E-state index in [2.05, 4.69) is 15.1 Å². The van der Waals surface area contributed by atoms with Gasteiger partial charge in [0.25, 0.3) is 0 Å². The Labute approximate surface area is 124 Å². The van der Waals surface area contributed by atoms with Crippen molar-refractivity contribution in [2.75, 3.05) is 26.7 Å². The quantitative estimate of drug-likeness (QED) is 0.921. The van der Waals surface area contributed by atoms with Gasteiger partial charge in [-0.2, -0.15) is 9.40 Å². The van der Waals surface area contributed by atoms with Crippen molar-refractivity contribution in [1.29, 1.82) is 0 Å². The van der Waals surface area contributed by atoms with Crippen LogP contribution in [-0.4, -0.2) is 54.5 Å². The summed E-state index contributed by atoms with van der Waals surface area (Å²) in [4.78, 5) is 2.41. The monoisotopic (exact) mass is 306 g/mol. The molecule has 7 heteroatoms. The standard InChI is InChI=1S/C14H18N4O2S/c1-17-7-8-18(21(19,20)13-9-15-16-10-13)11-14(17)12-5-3-2-4-6-12/h2-6,9-10,14H,7-8,11H2,1H3,(H,15,16)/t14-/m0/s1. The highest BCUT2D eigenvalue weighted by atomic mass is 32.2. The first-order chi connectivity index (χ1) is 10.1. The predicted molar refractivity (Wildman–Crippen MR) is 79.2 cm³/mol. The fourth-order valence-electron chi connectivity index (χ4n) is 2.63. The Bertz CT molecular complexity index is 685. The van der Waals surface area contributed by atoms with Gasteiger partial charge in [0.05, 0.1) is 6.20 Å². The summed E-state index contributed by atoms with van der Waals surface area (Å²) in [6.07, 6.45) is 2.77. The summed E-state index contributed by atoms with van der Waals surface area (Å²) < 4.78 is 26.7. The molecule has 0 bridgehead atoms. The SMILES string of the molecule is CN1CCN(S(=O)(=O)c2cn[nH]c2)C[C@H]1c1ccccc1. The highest BCUT2D eigenvalue weighted by Crippen LogP contribution is 2.27. The summed E-state index contributed by atoms with van der Waals surface area (Å²) in [5.74, 6) is 0. The van der Waals surface area contributed by atoms with Crippen molar-refractivity contribution in [3.05, 3.63) is 48.3 Å². The summed E-state index contributed by atoms with van der Waals surface area (Å²) in [5, 5.41) is 6.29. The molecule has 1 fully saturated rings. The van der Waals surface area contributed by atoms with Gasteiger partial charge >= 0.3 is 0 Å². The van der Waals surface area contributed by atoms with Crippen molar-refractivity contribution < 1.29 is 8.42 Å². The van der Waals surface area contributed by atoms with Gasteiger partial charge in [0.1, 0.15) is 4.90 Å². The van der Waals surface area contributed by atoms with Crippen LogP contribution in [0, 0.1) is 0 Å². The van der Waals surface area contributed by atoms with E-state index in [1.54, 1.807) is 0 Å². The molecule has 1 saturated heterocycles. The van der Waals surface area contributed by atoms with Gasteiger partial charge in [-0.3, -0.25) is 10.00 Å². The average Bonchev–Trinajstić information content (AvgIpc) is 3.03. The van der Waals surface area contributed by atoms with Crippen molar-refractivity contribution >= 4 is 10.0 Å². The second-order valence-corrected chi connectivity index (χ2v) is 7.14. The second-order valence-electron chi connectivity index (χ2n) is 5.20. The number of nitrogens with one attached hydrogen (secondary N) is 1. The molecule has 0 radical (unpaired) electrons. The fourth-order valence-corrected chi connectivity index (χ4v) is 3.98. The molecule has 1 atom stereocenters. The molecule has 1 aliphatic heterocycles. The van der Waals surface area contributed by atoms with Gasteiger partial charge in [-0.05, 0) is 12.6 Å². The van der Waals surface area contributed by atoms with E-state index in [0.717, 1.165) is 5.56 Å². The predicted octanol–water partition coefficient (Wildman–Crippen LogP) is 1.09. The van der Waals surface area contributed by atoms with Crippen LogP contribution in [0.25, 0.3) is 0 Å². The van der Waals surface area contributed by atoms with Gasteiger partial charge in [0, 0.05) is 31.9 Å². The third-order valence-corrected chi connectivity index (χ3v) is 5.74. The highest BCUT2D eigenvalue weighted by Gasteiger charge is 2.33. The molecule has 2 heterocycles. The molecule has 1 aromatic heterocycles. The van der Waals surface area contributed by atoms with E-state index in [-0.39, 0.29) is 10.9 Å². The molecule has 21 heavy (non-hydrogen) atoms. The lowest BCUT2D eigenvalue weighted by atomic mass is 10.0. The number of likely N-dealkylation sites (N-methyl/N-ethyl adjacent to an activating group) is 1. The van der Waals surface area contributed by atoms with Gasteiger partial charge in [-0.15, -0.1) is 0 Å². The minimum atomic E-state index is -3.47. The van der Waals surface area contributed by atoms with Gasteiger partial charge in [0.15, 0.2) is 0 Å². The topological polar surface area (TPSA) is 69.3 Å². The number of rotatable bonds is 3. The molecule has 0 aliphatic carbocycles. The summed E-state index contributed by atoms with van der Waals surface area (Å²) >= 11 is 0. The molecule has 0 amide bonds. The Morgan fingerprint density at radius 2 is 2.00 bits per heavy atom. The number of H-pyrrole nitrogens is 1. The highest BCUT2D eigenvalue weighted by molar-refractivity contribution is 7.89. The Morgan fingerprint density at radius 1 is 1.24 bits per heavy atom. The normalized spacial score (nSPS) is 21.5. The third kappa shape index (κ3) is 2.72. The molecular weight excluding hydrogens is 288 g/mol. The van der Waals surface area contributed by atoms with E-state index in [9.17, 15) is 8.42 Å². The van der Waals surface area contributed by atoms with E-state index in [0.29, 0.717) is 19.6 Å². The van der Waals surface area contributed by atoms with Crippen LogP contribution in [0.15, 0.2) is 47.6 Å².